The van der Waals surface area contributed by atoms with Gasteiger partial charge in [-0.3, -0.25) is 4.79 Å². The van der Waals surface area contributed by atoms with E-state index in [2.05, 4.69) is 5.32 Å². The summed E-state index contributed by atoms with van der Waals surface area (Å²) < 4.78 is 5.51. The minimum atomic E-state index is -0.115. The van der Waals surface area contributed by atoms with E-state index in [1.54, 1.807) is 24.3 Å². The standard InChI is InChI=1S/C16H17ClN2O2/c17-13-2-1-3-14(10-13)19-16(20)8-9-21-15-6-4-12(11-18)5-7-15/h1-7,10H,8-9,11,18H2,(H,19,20). The van der Waals surface area contributed by atoms with Crippen LogP contribution in [0.5, 0.6) is 5.75 Å². The molecule has 0 saturated carbocycles. The van der Waals surface area contributed by atoms with Crippen LogP contribution in [-0.2, 0) is 11.3 Å². The fraction of sp³-hybridized carbons (Fsp3) is 0.188. The fourth-order valence-corrected chi connectivity index (χ4v) is 1.96. The molecular formula is C16H17ClN2O2. The number of halogens is 1. The second-order valence-corrected chi connectivity index (χ2v) is 4.94. The smallest absolute Gasteiger partial charge is 0.227 e. The Kier molecular flexibility index (Phi) is 5.60. The zero-order valence-corrected chi connectivity index (χ0v) is 12.3. The maximum atomic E-state index is 11.8. The molecule has 0 aliphatic rings. The Hall–Kier alpha value is -2.04. The summed E-state index contributed by atoms with van der Waals surface area (Å²) in [5, 5.41) is 3.35. The van der Waals surface area contributed by atoms with Crippen LogP contribution in [0.4, 0.5) is 5.69 Å². The average molecular weight is 305 g/mol. The molecule has 0 heterocycles. The summed E-state index contributed by atoms with van der Waals surface area (Å²) in [6.07, 6.45) is 0.269. The summed E-state index contributed by atoms with van der Waals surface area (Å²) in [6, 6.07) is 14.5. The Morgan fingerprint density at radius 1 is 1.19 bits per heavy atom. The molecule has 0 aliphatic carbocycles. The van der Waals surface area contributed by atoms with Crippen molar-refractivity contribution < 1.29 is 9.53 Å². The van der Waals surface area contributed by atoms with E-state index < -0.39 is 0 Å². The Morgan fingerprint density at radius 3 is 2.62 bits per heavy atom. The molecule has 1 amide bonds. The van der Waals surface area contributed by atoms with E-state index in [9.17, 15) is 4.79 Å². The number of carbonyl (C=O) groups excluding carboxylic acids is 1. The molecule has 2 aromatic carbocycles. The molecule has 2 rings (SSSR count). The predicted octanol–water partition coefficient (Wildman–Crippen LogP) is 3.21. The van der Waals surface area contributed by atoms with Gasteiger partial charge < -0.3 is 15.8 Å². The van der Waals surface area contributed by atoms with Crippen molar-refractivity contribution in [1.29, 1.82) is 0 Å². The van der Waals surface area contributed by atoms with Gasteiger partial charge in [0.15, 0.2) is 0 Å². The zero-order valence-electron chi connectivity index (χ0n) is 11.5. The number of anilines is 1. The number of nitrogens with two attached hydrogens (primary N) is 1. The molecular weight excluding hydrogens is 288 g/mol. The summed E-state index contributed by atoms with van der Waals surface area (Å²) >= 11 is 5.85. The van der Waals surface area contributed by atoms with Crippen molar-refractivity contribution in [2.24, 2.45) is 5.73 Å². The first kappa shape index (κ1) is 15.4. The number of ether oxygens (including phenoxy) is 1. The monoisotopic (exact) mass is 304 g/mol. The van der Waals surface area contributed by atoms with Crippen molar-refractivity contribution in [2.75, 3.05) is 11.9 Å². The summed E-state index contributed by atoms with van der Waals surface area (Å²) in [4.78, 5) is 11.8. The van der Waals surface area contributed by atoms with Crippen LogP contribution in [0.15, 0.2) is 48.5 Å². The molecule has 0 saturated heterocycles. The molecule has 110 valence electrons. The van der Waals surface area contributed by atoms with Gasteiger partial charge in [0.2, 0.25) is 5.91 Å². The molecule has 21 heavy (non-hydrogen) atoms. The van der Waals surface area contributed by atoms with Crippen molar-refractivity contribution in [3.63, 3.8) is 0 Å². The lowest BCUT2D eigenvalue weighted by Crippen LogP contribution is -2.15. The molecule has 2 aromatic rings. The van der Waals surface area contributed by atoms with Crippen LogP contribution in [0.2, 0.25) is 5.02 Å². The van der Waals surface area contributed by atoms with E-state index in [-0.39, 0.29) is 12.3 Å². The highest BCUT2D eigenvalue weighted by Gasteiger charge is 2.03. The molecule has 0 atom stereocenters. The Bertz CT molecular complexity index is 599. The van der Waals surface area contributed by atoms with Crippen molar-refractivity contribution in [3.05, 3.63) is 59.1 Å². The normalized spacial score (nSPS) is 10.2. The van der Waals surface area contributed by atoms with Gasteiger partial charge in [0.1, 0.15) is 5.75 Å². The molecule has 5 heteroatoms. The lowest BCUT2D eigenvalue weighted by molar-refractivity contribution is -0.116. The second kappa shape index (κ2) is 7.67. The number of rotatable bonds is 6. The van der Waals surface area contributed by atoms with Gasteiger partial charge in [-0.05, 0) is 35.9 Å². The summed E-state index contributed by atoms with van der Waals surface area (Å²) in [7, 11) is 0. The second-order valence-electron chi connectivity index (χ2n) is 4.51. The molecule has 0 unspecified atom stereocenters. The third kappa shape index (κ3) is 5.10. The predicted molar refractivity (Wildman–Crippen MR) is 84.5 cm³/mol. The van der Waals surface area contributed by atoms with Crippen LogP contribution < -0.4 is 15.8 Å². The molecule has 0 radical (unpaired) electrons. The first-order valence-corrected chi connectivity index (χ1v) is 7.02. The summed E-state index contributed by atoms with van der Waals surface area (Å²) in [5.41, 5.74) is 7.24. The van der Waals surface area contributed by atoms with Gasteiger partial charge >= 0.3 is 0 Å². The van der Waals surface area contributed by atoms with Crippen LogP contribution in [0, 0.1) is 0 Å². The van der Waals surface area contributed by atoms with Gasteiger partial charge in [0.25, 0.3) is 0 Å². The van der Waals surface area contributed by atoms with Crippen LogP contribution in [0.1, 0.15) is 12.0 Å². The van der Waals surface area contributed by atoms with Crippen molar-refractivity contribution in [1.82, 2.24) is 0 Å². The van der Waals surface area contributed by atoms with Crippen molar-refractivity contribution >= 4 is 23.2 Å². The highest BCUT2D eigenvalue weighted by atomic mass is 35.5. The minimum absolute atomic E-state index is 0.115. The third-order valence-electron chi connectivity index (χ3n) is 2.87. The topological polar surface area (TPSA) is 64.3 Å². The number of carbonyl (C=O) groups is 1. The maximum Gasteiger partial charge on any atom is 0.227 e. The quantitative estimate of drug-likeness (QED) is 0.861. The lowest BCUT2D eigenvalue weighted by Gasteiger charge is -2.08. The number of hydrogen-bond acceptors (Lipinski definition) is 3. The van der Waals surface area contributed by atoms with Crippen LogP contribution >= 0.6 is 11.6 Å². The summed E-state index contributed by atoms with van der Waals surface area (Å²) in [6.45, 7) is 0.816. The fourth-order valence-electron chi connectivity index (χ4n) is 1.77. The lowest BCUT2D eigenvalue weighted by atomic mass is 10.2. The van der Waals surface area contributed by atoms with Gasteiger partial charge in [-0.1, -0.05) is 29.8 Å². The first-order chi connectivity index (χ1) is 10.2. The van der Waals surface area contributed by atoms with Crippen LogP contribution in [-0.4, -0.2) is 12.5 Å². The zero-order chi connectivity index (χ0) is 15.1. The Labute approximate surface area is 128 Å². The average Bonchev–Trinajstić information content (AvgIpc) is 2.48. The maximum absolute atomic E-state index is 11.8. The van der Waals surface area contributed by atoms with Gasteiger partial charge in [-0.2, -0.15) is 0 Å². The SMILES string of the molecule is NCc1ccc(OCCC(=O)Nc2cccc(Cl)c2)cc1. The van der Waals surface area contributed by atoms with Crippen LogP contribution in [0.3, 0.4) is 0 Å². The molecule has 0 bridgehead atoms. The van der Waals surface area contributed by atoms with Crippen molar-refractivity contribution in [3.8, 4) is 5.75 Å². The van der Waals surface area contributed by atoms with Crippen molar-refractivity contribution in [2.45, 2.75) is 13.0 Å². The van der Waals surface area contributed by atoms with Gasteiger partial charge in [0.05, 0.1) is 13.0 Å². The molecule has 0 fully saturated rings. The number of amides is 1. The molecule has 0 aliphatic heterocycles. The van der Waals surface area contributed by atoms with E-state index in [4.69, 9.17) is 22.1 Å². The largest absolute Gasteiger partial charge is 0.493 e. The summed E-state index contributed by atoms with van der Waals surface area (Å²) in [5.74, 6) is 0.610. The molecule has 4 nitrogen and oxygen atoms in total. The number of benzene rings is 2. The van der Waals surface area contributed by atoms with E-state index in [0.717, 1.165) is 11.3 Å². The van der Waals surface area contributed by atoms with Gasteiger partial charge in [0, 0.05) is 17.3 Å². The van der Waals surface area contributed by atoms with Gasteiger partial charge in [-0.15, -0.1) is 0 Å². The minimum Gasteiger partial charge on any atom is -0.493 e. The third-order valence-corrected chi connectivity index (χ3v) is 3.10. The number of hydrogen-bond donors (Lipinski definition) is 2. The highest BCUT2D eigenvalue weighted by molar-refractivity contribution is 6.30. The first-order valence-electron chi connectivity index (χ1n) is 6.64. The molecule has 3 N–H and O–H groups in total. The van der Waals surface area contributed by atoms with E-state index in [1.165, 1.54) is 0 Å². The Morgan fingerprint density at radius 2 is 1.95 bits per heavy atom. The van der Waals surface area contributed by atoms with Crippen LogP contribution in [0.25, 0.3) is 0 Å². The molecule has 0 aromatic heterocycles. The molecule has 0 spiro atoms. The van der Waals surface area contributed by atoms with Gasteiger partial charge in [-0.25, -0.2) is 0 Å². The van der Waals surface area contributed by atoms with E-state index in [1.807, 2.05) is 24.3 Å². The highest BCUT2D eigenvalue weighted by Crippen LogP contribution is 2.15. The Balaban J connectivity index is 1.76. The number of nitrogens with one attached hydrogen (secondary N) is 1. The van der Waals surface area contributed by atoms with E-state index >= 15 is 0 Å². The van der Waals surface area contributed by atoms with E-state index in [0.29, 0.717) is 23.9 Å².